The van der Waals surface area contributed by atoms with Gasteiger partial charge in [0.2, 0.25) is 5.91 Å². The van der Waals surface area contributed by atoms with E-state index >= 15 is 0 Å². The molecule has 1 aliphatic carbocycles. The Morgan fingerprint density at radius 2 is 1.93 bits per heavy atom. The van der Waals surface area contributed by atoms with Crippen molar-refractivity contribution < 1.29 is 23.2 Å². The molecule has 0 bridgehead atoms. The first kappa shape index (κ1) is 20.9. The molecule has 0 spiro atoms. The summed E-state index contributed by atoms with van der Waals surface area (Å²) in [6.45, 7) is 10.2. The zero-order valence-electron chi connectivity index (χ0n) is 17.3. The van der Waals surface area contributed by atoms with Gasteiger partial charge in [0.25, 0.3) is 0 Å². The molecule has 1 aromatic carbocycles. The highest BCUT2D eigenvalue weighted by Gasteiger charge is 2.52. The number of nitrogens with one attached hydrogen (secondary N) is 1. The summed E-state index contributed by atoms with van der Waals surface area (Å²) in [6, 6.07) is 4.47. The zero-order chi connectivity index (χ0) is 20.5. The van der Waals surface area contributed by atoms with E-state index in [1.165, 1.54) is 31.9 Å². The second kappa shape index (κ2) is 7.87. The van der Waals surface area contributed by atoms with E-state index in [2.05, 4.69) is 5.32 Å². The number of carbonyl (C=O) groups excluding carboxylic acids is 1. The van der Waals surface area contributed by atoms with Crippen LogP contribution in [-0.4, -0.2) is 37.4 Å². The van der Waals surface area contributed by atoms with Crippen LogP contribution in [0.5, 0.6) is 5.75 Å². The van der Waals surface area contributed by atoms with Crippen LogP contribution in [0.3, 0.4) is 0 Å². The maximum absolute atomic E-state index is 13.9. The quantitative estimate of drug-likeness (QED) is 0.722. The van der Waals surface area contributed by atoms with Gasteiger partial charge in [-0.05, 0) is 70.1 Å². The smallest absolute Gasteiger partial charge is 0.492 e. The number of hydrogen-bond acceptors (Lipinski definition) is 4. The van der Waals surface area contributed by atoms with Gasteiger partial charge in [0.15, 0.2) is 0 Å². The zero-order valence-corrected chi connectivity index (χ0v) is 17.3. The largest absolute Gasteiger partial charge is 0.493 e. The number of carbonyl (C=O) groups is 1. The summed E-state index contributed by atoms with van der Waals surface area (Å²) in [6.07, 6.45) is 4.14. The molecule has 1 saturated carbocycles. The molecule has 0 aromatic heterocycles. The van der Waals surface area contributed by atoms with Crippen molar-refractivity contribution in [3.05, 3.63) is 35.1 Å². The molecule has 0 atom stereocenters. The van der Waals surface area contributed by atoms with Crippen molar-refractivity contribution >= 4 is 19.1 Å². The standard InChI is InChI=1S/C21H29BFNO4/c1-14(25)24-12-17(22-27-20(2,3)21(4,5)28-22)10-16-11-18(23)8-9-19(16)26-13-15-6-7-15/h8-11,15H,6-7,12-13H2,1-5H3,(H,24,25). The molecule has 1 aliphatic heterocycles. The van der Waals surface area contributed by atoms with Crippen molar-refractivity contribution in [2.24, 2.45) is 5.92 Å². The first-order chi connectivity index (χ1) is 13.1. The van der Waals surface area contributed by atoms with E-state index in [-0.39, 0.29) is 18.3 Å². The lowest BCUT2D eigenvalue weighted by molar-refractivity contribution is -0.118. The van der Waals surface area contributed by atoms with Gasteiger partial charge < -0.3 is 19.4 Å². The van der Waals surface area contributed by atoms with Gasteiger partial charge >= 0.3 is 7.12 Å². The molecule has 2 aliphatic rings. The van der Waals surface area contributed by atoms with E-state index in [1.807, 2.05) is 27.7 Å². The van der Waals surface area contributed by atoms with Gasteiger partial charge in [-0.2, -0.15) is 0 Å². The summed E-state index contributed by atoms with van der Waals surface area (Å²) in [5, 5.41) is 2.79. The molecule has 152 valence electrons. The summed E-state index contributed by atoms with van der Waals surface area (Å²) in [4.78, 5) is 11.5. The Balaban J connectivity index is 1.90. The number of rotatable bonds is 7. The Bertz CT molecular complexity index is 758. The predicted molar refractivity (Wildman–Crippen MR) is 107 cm³/mol. The van der Waals surface area contributed by atoms with Crippen molar-refractivity contribution in [2.75, 3.05) is 13.2 Å². The van der Waals surface area contributed by atoms with Crippen molar-refractivity contribution in [1.29, 1.82) is 0 Å². The third-order valence-corrected chi connectivity index (χ3v) is 5.58. The van der Waals surface area contributed by atoms with Gasteiger partial charge in [-0.25, -0.2) is 4.39 Å². The van der Waals surface area contributed by atoms with Crippen molar-refractivity contribution in [3.63, 3.8) is 0 Å². The molecular weight excluding hydrogens is 360 g/mol. The molecule has 0 unspecified atom stereocenters. The molecule has 5 nitrogen and oxygen atoms in total. The Morgan fingerprint density at radius 3 is 2.50 bits per heavy atom. The first-order valence-electron chi connectivity index (χ1n) is 9.80. The van der Waals surface area contributed by atoms with Gasteiger partial charge in [-0.15, -0.1) is 0 Å². The predicted octanol–water partition coefficient (Wildman–Crippen LogP) is 3.77. The van der Waals surface area contributed by atoms with Gasteiger partial charge in [0, 0.05) is 19.0 Å². The minimum atomic E-state index is -0.642. The third-order valence-electron chi connectivity index (χ3n) is 5.58. The average Bonchev–Trinajstić information content (AvgIpc) is 3.37. The normalized spacial score (nSPS) is 20.9. The van der Waals surface area contributed by atoms with Crippen LogP contribution in [0.2, 0.25) is 0 Å². The summed E-state index contributed by atoms with van der Waals surface area (Å²) in [5.41, 5.74) is 0.284. The van der Waals surface area contributed by atoms with Crippen molar-refractivity contribution in [3.8, 4) is 5.75 Å². The SMILES string of the molecule is CC(=O)NCC(=Cc1cc(F)ccc1OCC1CC1)B1OC(C)(C)C(C)(C)O1. The highest BCUT2D eigenvalue weighted by molar-refractivity contribution is 6.56. The Hall–Kier alpha value is -1.86. The van der Waals surface area contributed by atoms with E-state index in [9.17, 15) is 9.18 Å². The lowest BCUT2D eigenvalue weighted by Crippen LogP contribution is -2.41. The number of hydrogen-bond donors (Lipinski definition) is 1. The van der Waals surface area contributed by atoms with Crippen LogP contribution in [0, 0.1) is 11.7 Å². The number of amides is 1. The van der Waals surface area contributed by atoms with Gasteiger partial charge in [0.05, 0.1) is 17.8 Å². The fourth-order valence-electron chi connectivity index (χ4n) is 2.88. The number of halogens is 1. The molecule has 1 amide bonds. The fraction of sp³-hybridized carbons (Fsp3) is 0.571. The Labute approximate surface area is 166 Å². The minimum Gasteiger partial charge on any atom is -0.493 e. The van der Waals surface area contributed by atoms with E-state index in [1.54, 1.807) is 12.1 Å². The molecule has 3 rings (SSSR count). The molecule has 1 N–H and O–H groups in total. The average molecular weight is 389 g/mol. The van der Waals surface area contributed by atoms with E-state index in [4.69, 9.17) is 14.0 Å². The lowest BCUT2D eigenvalue weighted by Gasteiger charge is -2.32. The third kappa shape index (κ3) is 4.94. The van der Waals surface area contributed by atoms with Crippen LogP contribution < -0.4 is 10.1 Å². The summed E-state index contributed by atoms with van der Waals surface area (Å²) >= 11 is 0. The van der Waals surface area contributed by atoms with Gasteiger partial charge in [0.1, 0.15) is 11.6 Å². The summed E-state index contributed by atoms with van der Waals surface area (Å²) in [5.74, 6) is 0.693. The second-order valence-corrected chi connectivity index (χ2v) is 8.65. The maximum atomic E-state index is 13.9. The highest BCUT2D eigenvalue weighted by atomic mass is 19.1. The Kier molecular flexibility index (Phi) is 5.87. The summed E-state index contributed by atoms with van der Waals surface area (Å²) in [7, 11) is -0.642. The number of benzene rings is 1. The molecule has 1 saturated heterocycles. The molecule has 1 heterocycles. The number of ether oxygens (including phenoxy) is 1. The van der Waals surface area contributed by atoms with Crippen molar-refractivity contribution in [1.82, 2.24) is 5.32 Å². The van der Waals surface area contributed by atoms with E-state index in [0.29, 0.717) is 29.3 Å². The fourth-order valence-corrected chi connectivity index (χ4v) is 2.88. The molecule has 2 fully saturated rings. The lowest BCUT2D eigenvalue weighted by atomic mass is 9.77. The van der Waals surface area contributed by atoms with Crippen LogP contribution >= 0.6 is 0 Å². The van der Waals surface area contributed by atoms with Gasteiger partial charge in [-0.3, -0.25) is 4.79 Å². The highest BCUT2D eigenvalue weighted by Crippen LogP contribution is 2.39. The van der Waals surface area contributed by atoms with Gasteiger partial charge in [-0.1, -0.05) is 6.08 Å². The van der Waals surface area contributed by atoms with Crippen LogP contribution in [-0.2, 0) is 14.1 Å². The molecular formula is C21H29BFNO4. The minimum absolute atomic E-state index is 0.160. The Morgan fingerprint density at radius 1 is 1.29 bits per heavy atom. The van der Waals surface area contributed by atoms with Crippen LogP contribution in [0.4, 0.5) is 4.39 Å². The molecule has 7 heteroatoms. The van der Waals surface area contributed by atoms with E-state index in [0.717, 1.165) is 0 Å². The topological polar surface area (TPSA) is 56.8 Å². The van der Waals surface area contributed by atoms with Crippen molar-refractivity contribution in [2.45, 2.75) is 58.7 Å². The second-order valence-electron chi connectivity index (χ2n) is 8.65. The summed E-state index contributed by atoms with van der Waals surface area (Å²) < 4.78 is 32.1. The van der Waals surface area contributed by atoms with Crippen LogP contribution in [0.15, 0.2) is 23.7 Å². The van der Waals surface area contributed by atoms with Crippen LogP contribution in [0.25, 0.3) is 6.08 Å². The monoisotopic (exact) mass is 389 g/mol. The molecule has 0 radical (unpaired) electrons. The van der Waals surface area contributed by atoms with E-state index < -0.39 is 18.3 Å². The molecule has 1 aromatic rings. The first-order valence-corrected chi connectivity index (χ1v) is 9.80. The molecule has 28 heavy (non-hydrogen) atoms. The van der Waals surface area contributed by atoms with Crippen LogP contribution in [0.1, 0.15) is 53.0 Å². The maximum Gasteiger partial charge on any atom is 0.492 e.